The quantitative estimate of drug-likeness (QED) is 0.745. The minimum atomic E-state index is -0.968. The van der Waals surface area contributed by atoms with Gasteiger partial charge in [-0.2, -0.15) is 5.10 Å². The second-order valence-corrected chi connectivity index (χ2v) is 8.54. The van der Waals surface area contributed by atoms with Crippen LogP contribution in [0, 0.1) is 6.92 Å². The first-order valence-corrected chi connectivity index (χ1v) is 10.4. The van der Waals surface area contributed by atoms with Crippen molar-refractivity contribution in [3.8, 4) is 0 Å². The van der Waals surface area contributed by atoms with Gasteiger partial charge in [-0.1, -0.05) is 29.8 Å². The molecular formula is C18H22N4O3S. The van der Waals surface area contributed by atoms with E-state index in [-0.39, 0.29) is 17.5 Å². The van der Waals surface area contributed by atoms with Gasteiger partial charge in [0.2, 0.25) is 5.91 Å². The van der Waals surface area contributed by atoms with Gasteiger partial charge in [-0.3, -0.25) is 14.3 Å². The average Bonchev–Trinajstić information content (AvgIpc) is 3.20. The third-order valence-electron chi connectivity index (χ3n) is 5.07. The fourth-order valence-electron chi connectivity index (χ4n) is 3.63. The van der Waals surface area contributed by atoms with Gasteiger partial charge in [0, 0.05) is 6.42 Å². The molecule has 26 heavy (non-hydrogen) atoms. The lowest BCUT2D eigenvalue weighted by Gasteiger charge is -2.25. The van der Waals surface area contributed by atoms with E-state index in [1.165, 1.54) is 10.2 Å². The van der Waals surface area contributed by atoms with Crippen LogP contribution in [0.25, 0.3) is 0 Å². The fraction of sp³-hybridized carbons (Fsp3) is 0.500. The second-order valence-electron chi connectivity index (χ2n) is 6.99. The molecule has 0 bridgehead atoms. The number of benzene rings is 1. The molecule has 2 atom stereocenters. The molecule has 1 aromatic heterocycles. The lowest BCUT2D eigenvalue weighted by atomic mass is 10.0. The van der Waals surface area contributed by atoms with Gasteiger partial charge < -0.3 is 4.55 Å². The highest BCUT2D eigenvalue weighted by atomic mass is 32.2. The van der Waals surface area contributed by atoms with E-state index >= 15 is 0 Å². The Balaban J connectivity index is 1.62. The van der Waals surface area contributed by atoms with Gasteiger partial charge in [-0.15, -0.1) is 0 Å². The fourth-order valence-corrected chi connectivity index (χ4v) is 4.79. The maximum Gasteiger partial charge on any atom is 0.346 e. The molecule has 1 amide bonds. The van der Waals surface area contributed by atoms with Gasteiger partial charge in [0.05, 0.1) is 13.1 Å². The third-order valence-corrected chi connectivity index (χ3v) is 6.31. The largest absolute Gasteiger partial charge is 0.615 e. The summed E-state index contributed by atoms with van der Waals surface area (Å²) >= 11 is -0.968. The van der Waals surface area contributed by atoms with E-state index in [1.54, 1.807) is 9.47 Å². The van der Waals surface area contributed by atoms with Gasteiger partial charge in [0.25, 0.3) is 0 Å². The van der Waals surface area contributed by atoms with Crippen LogP contribution in [0.15, 0.2) is 29.1 Å². The molecule has 1 saturated heterocycles. The Bertz CT molecular complexity index is 874. The molecule has 2 aliphatic rings. The van der Waals surface area contributed by atoms with Crippen molar-refractivity contribution in [1.29, 1.82) is 0 Å². The van der Waals surface area contributed by atoms with E-state index in [0.717, 1.165) is 12.0 Å². The SMILES string of the molecule is Cc1ccc(Cn2nc3n(c2=O)C(C(=O)N2CC[S+]([O-])C2)CCC3)cc1. The zero-order valence-corrected chi connectivity index (χ0v) is 15.6. The predicted octanol–water partition coefficient (Wildman–Crippen LogP) is 0.827. The number of carbonyl (C=O) groups excluding carboxylic acids is 1. The first-order chi connectivity index (χ1) is 12.5. The predicted molar refractivity (Wildman–Crippen MR) is 98.3 cm³/mol. The van der Waals surface area contributed by atoms with E-state index in [1.807, 2.05) is 31.2 Å². The van der Waals surface area contributed by atoms with E-state index in [0.29, 0.717) is 37.5 Å². The van der Waals surface area contributed by atoms with Gasteiger partial charge in [-0.05, 0) is 36.5 Å². The molecule has 1 aromatic carbocycles. The van der Waals surface area contributed by atoms with Crippen molar-refractivity contribution in [3.05, 3.63) is 51.7 Å². The first kappa shape index (κ1) is 17.4. The van der Waals surface area contributed by atoms with Crippen LogP contribution in [-0.4, -0.2) is 47.9 Å². The lowest BCUT2D eigenvalue weighted by Crippen LogP contribution is -2.41. The molecule has 0 spiro atoms. The van der Waals surface area contributed by atoms with Crippen molar-refractivity contribution in [1.82, 2.24) is 19.2 Å². The minimum absolute atomic E-state index is 0.103. The summed E-state index contributed by atoms with van der Waals surface area (Å²) in [5.74, 6) is 1.37. The molecule has 4 rings (SSSR count). The topological polar surface area (TPSA) is 83.2 Å². The molecule has 138 valence electrons. The minimum Gasteiger partial charge on any atom is -0.615 e. The molecule has 7 nitrogen and oxygen atoms in total. The first-order valence-electron chi connectivity index (χ1n) is 8.90. The Morgan fingerprint density at radius 2 is 2.12 bits per heavy atom. The number of aromatic nitrogens is 3. The smallest absolute Gasteiger partial charge is 0.346 e. The Kier molecular flexibility index (Phi) is 4.62. The summed E-state index contributed by atoms with van der Waals surface area (Å²) in [6, 6.07) is 7.48. The molecule has 0 saturated carbocycles. The lowest BCUT2D eigenvalue weighted by molar-refractivity contribution is -0.134. The third kappa shape index (κ3) is 3.19. The molecule has 2 aliphatic heterocycles. The highest BCUT2D eigenvalue weighted by Crippen LogP contribution is 2.25. The molecule has 2 aromatic rings. The second kappa shape index (κ2) is 6.92. The highest BCUT2D eigenvalue weighted by molar-refractivity contribution is 7.91. The summed E-state index contributed by atoms with van der Waals surface area (Å²) < 4.78 is 14.6. The Morgan fingerprint density at radius 1 is 1.35 bits per heavy atom. The van der Waals surface area contributed by atoms with Gasteiger partial charge >= 0.3 is 5.69 Å². The van der Waals surface area contributed by atoms with Crippen molar-refractivity contribution in [2.45, 2.75) is 38.8 Å². The summed E-state index contributed by atoms with van der Waals surface area (Å²) in [4.78, 5) is 27.4. The molecule has 2 unspecified atom stereocenters. The number of fused-ring (bicyclic) bond motifs is 1. The molecule has 0 N–H and O–H groups in total. The molecule has 3 heterocycles. The number of amides is 1. The van der Waals surface area contributed by atoms with E-state index < -0.39 is 17.2 Å². The Morgan fingerprint density at radius 3 is 2.81 bits per heavy atom. The number of rotatable bonds is 3. The summed E-state index contributed by atoms with van der Waals surface area (Å²) in [7, 11) is 0. The van der Waals surface area contributed by atoms with Crippen molar-refractivity contribution in [2.75, 3.05) is 18.2 Å². The van der Waals surface area contributed by atoms with E-state index in [9.17, 15) is 14.1 Å². The normalized spacial score (nSPS) is 22.5. The van der Waals surface area contributed by atoms with Crippen molar-refractivity contribution in [2.24, 2.45) is 0 Å². The van der Waals surface area contributed by atoms with Gasteiger partial charge in [0.1, 0.15) is 17.6 Å². The zero-order valence-electron chi connectivity index (χ0n) is 14.8. The Labute approximate surface area is 154 Å². The number of carbonyl (C=O) groups is 1. The number of hydrogen-bond acceptors (Lipinski definition) is 4. The molecule has 1 fully saturated rings. The Hall–Kier alpha value is -2.06. The van der Waals surface area contributed by atoms with Crippen LogP contribution in [0.1, 0.15) is 35.8 Å². The average molecular weight is 374 g/mol. The van der Waals surface area contributed by atoms with Crippen LogP contribution >= 0.6 is 0 Å². The summed E-state index contributed by atoms with van der Waals surface area (Å²) in [6.07, 6.45) is 2.16. The van der Waals surface area contributed by atoms with Gasteiger partial charge in [0.15, 0.2) is 5.88 Å². The maximum absolute atomic E-state index is 12.9. The monoisotopic (exact) mass is 374 g/mol. The molecular weight excluding hydrogens is 352 g/mol. The van der Waals surface area contributed by atoms with Crippen LogP contribution < -0.4 is 5.69 Å². The van der Waals surface area contributed by atoms with Crippen LogP contribution in [0.4, 0.5) is 0 Å². The van der Waals surface area contributed by atoms with Crippen molar-refractivity contribution >= 4 is 17.1 Å². The van der Waals surface area contributed by atoms with Crippen LogP contribution in [0.3, 0.4) is 0 Å². The van der Waals surface area contributed by atoms with E-state index in [4.69, 9.17) is 0 Å². The van der Waals surface area contributed by atoms with E-state index in [2.05, 4.69) is 5.10 Å². The van der Waals surface area contributed by atoms with Crippen LogP contribution in [0.2, 0.25) is 0 Å². The zero-order chi connectivity index (χ0) is 18.3. The van der Waals surface area contributed by atoms with Crippen LogP contribution in [-0.2, 0) is 28.9 Å². The van der Waals surface area contributed by atoms with Crippen molar-refractivity contribution in [3.63, 3.8) is 0 Å². The number of hydrogen-bond donors (Lipinski definition) is 0. The summed E-state index contributed by atoms with van der Waals surface area (Å²) in [5.41, 5.74) is 1.93. The molecule has 0 aliphatic carbocycles. The number of nitrogens with zero attached hydrogens (tertiary/aromatic N) is 4. The van der Waals surface area contributed by atoms with Gasteiger partial charge in [-0.25, -0.2) is 9.48 Å². The highest BCUT2D eigenvalue weighted by Gasteiger charge is 2.37. The van der Waals surface area contributed by atoms with Crippen LogP contribution in [0.5, 0.6) is 0 Å². The number of aryl methyl sites for hydroxylation is 2. The van der Waals surface area contributed by atoms with Crippen molar-refractivity contribution < 1.29 is 9.35 Å². The summed E-state index contributed by atoms with van der Waals surface area (Å²) in [6.45, 7) is 2.92. The maximum atomic E-state index is 12.9. The standard InChI is InChI=1S/C18H22N4O3S/c1-13-5-7-14(8-6-13)11-21-18(24)22-15(3-2-4-16(22)19-21)17(23)20-9-10-26(25)12-20/h5-8,15H,2-4,9-12H2,1H3. The molecule has 0 radical (unpaired) electrons. The molecule has 8 heteroatoms. The summed E-state index contributed by atoms with van der Waals surface area (Å²) in [5, 5.41) is 4.48.